The van der Waals surface area contributed by atoms with Gasteiger partial charge in [0, 0.05) is 0 Å². The lowest BCUT2D eigenvalue weighted by atomic mass is 10.1. The summed E-state index contributed by atoms with van der Waals surface area (Å²) in [6.07, 6.45) is -1.96. The maximum atomic E-state index is 12.8. The highest BCUT2D eigenvalue weighted by Crippen LogP contribution is 2.31. The average Bonchev–Trinajstić information content (AvgIpc) is 2.28. The number of methoxy groups -OCH3 is 1. The van der Waals surface area contributed by atoms with Gasteiger partial charge < -0.3 is 4.74 Å². The Balaban J connectivity index is 3.47. The molecule has 1 aromatic rings. The Morgan fingerprint density at radius 3 is 2.62 bits per heavy atom. The van der Waals surface area contributed by atoms with Crippen molar-refractivity contribution in [3.63, 3.8) is 0 Å². The third-order valence-corrected chi connectivity index (χ3v) is 1.96. The summed E-state index contributed by atoms with van der Waals surface area (Å²) >= 11 is 0. The van der Waals surface area contributed by atoms with Crippen LogP contribution in [0.3, 0.4) is 0 Å². The molecule has 1 aromatic heterocycles. The van der Waals surface area contributed by atoms with Crippen LogP contribution in [0.1, 0.15) is 23.2 Å². The van der Waals surface area contributed by atoms with Crippen LogP contribution in [0.4, 0.5) is 8.78 Å². The van der Waals surface area contributed by atoms with Crippen molar-refractivity contribution in [2.24, 2.45) is 0 Å². The molecule has 0 aliphatic rings. The quantitative estimate of drug-likeness (QED) is 0.785. The zero-order valence-electron chi connectivity index (χ0n) is 8.37. The van der Waals surface area contributed by atoms with Crippen LogP contribution >= 0.6 is 0 Å². The molecule has 0 fully saturated rings. The number of hydrogen-bond donors (Lipinski definition) is 0. The largest absolute Gasteiger partial charge is 0.494 e. The van der Waals surface area contributed by atoms with E-state index >= 15 is 0 Å². The number of aromatic nitrogens is 1. The van der Waals surface area contributed by atoms with Gasteiger partial charge in [0.25, 0.3) is 6.43 Å². The van der Waals surface area contributed by atoms with Crippen LogP contribution in [-0.2, 0) is 6.42 Å². The van der Waals surface area contributed by atoms with Crippen LogP contribution in [-0.4, -0.2) is 12.1 Å². The van der Waals surface area contributed by atoms with E-state index in [-0.39, 0.29) is 23.4 Å². The monoisotopic (exact) mass is 223 g/mol. The molecule has 0 saturated heterocycles. The van der Waals surface area contributed by atoms with Crippen LogP contribution < -0.4 is 4.74 Å². The van der Waals surface area contributed by atoms with Gasteiger partial charge >= 0.3 is 0 Å². The maximum absolute atomic E-state index is 12.8. The van der Waals surface area contributed by atoms with Crippen LogP contribution in [0.5, 0.6) is 5.75 Å². The molecule has 82 valence electrons. The number of hydrogen-bond acceptors (Lipinski definition) is 4. The topological polar surface area (TPSA) is 69.7 Å². The molecule has 1 heterocycles. The second-order valence-corrected chi connectivity index (χ2v) is 2.81. The van der Waals surface area contributed by atoms with E-state index in [0.29, 0.717) is 0 Å². The fourth-order valence-electron chi connectivity index (χ4n) is 1.27. The third-order valence-electron chi connectivity index (χ3n) is 1.96. The van der Waals surface area contributed by atoms with E-state index in [4.69, 9.17) is 15.3 Å². The number of rotatable bonds is 3. The summed E-state index contributed by atoms with van der Waals surface area (Å²) in [4.78, 5) is 3.69. The molecule has 4 nitrogen and oxygen atoms in total. The Kier molecular flexibility index (Phi) is 3.73. The lowest BCUT2D eigenvalue weighted by Crippen LogP contribution is -2.03. The number of halogens is 2. The van der Waals surface area contributed by atoms with Gasteiger partial charge in [0.1, 0.15) is 11.6 Å². The SMILES string of the molecule is COc1cnc(CC#N)c(C(F)F)c1C#N. The summed E-state index contributed by atoms with van der Waals surface area (Å²) in [6.45, 7) is 0. The van der Waals surface area contributed by atoms with Crippen LogP contribution in [0, 0.1) is 22.7 Å². The summed E-state index contributed by atoms with van der Waals surface area (Å²) in [5.74, 6) is -0.0144. The Morgan fingerprint density at radius 2 is 2.19 bits per heavy atom. The van der Waals surface area contributed by atoms with Crippen molar-refractivity contribution in [3.8, 4) is 17.9 Å². The van der Waals surface area contributed by atoms with Gasteiger partial charge in [0.05, 0.1) is 37.1 Å². The Bertz CT molecular complexity index is 474. The molecule has 0 aromatic carbocycles. The fraction of sp³-hybridized carbons (Fsp3) is 0.300. The minimum Gasteiger partial charge on any atom is -0.494 e. The summed E-state index contributed by atoms with van der Waals surface area (Å²) < 4.78 is 30.3. The second kappa shape index (κ2) is 5.04. The maximum Gasteiger partial charge on any atom is 0.267 e. The first-order valence-electron chi connectivity index (χ1n) is 4.26. The predicted molar refractivity (Wildman–Crippen MR) is 49.8 cm³/mol. The van der Waals surface area contributed by atoms with E-state index in [1.807, 2.05) is 0 Å². The molecular weight excluding hydrogens is 216 g/mol. The third kappa shape index (κ3) is 2.06. The van der Waals surface area contributed by atoms with Gasteiger partial charge in [-0.3, -0.25) is 4.98 Å². The van der Waals surface area contributed by atoms with Crippen molar-refractivity contribution in [1.29, 1.82) is 10.5 Å². The van der Waals surface area contributed by atoms with E-state index in [1.165, 1.54) is 7.11 Å². The highest BCUT2D eigenvalue weighted by Gasteiger charge is 2.22. The van der Waals surface area contributed by atoms with Crippen LogP contribution in [0.15, 0.2) is 6.20 Å². The van der Waals surface area contributed by atoms with Crippen molar-refractivity contribution < 1.29 is 13.5 Å². The van der Waals surface area contributed by atoms with Gasteiger partial charge in [-0.05, 0) is 0 Å². The minimum atomic E-state index is -2.86. The van der Waals surface area contributed by atoms with Crippen molar-refractivity contribution in [3.05, 3.63) is 23.0 Å². The molecule has 0 aliphatic heterocycles. The van der Waals surface area contributed by atoms with Crippen molar-refractivity contribution >= 4 is 0 Å². The Hall–Kier alpha value is -2.21. The molecule has 0 saturated carbocycles. The summed E-state index contributed by atoms with van der Waals surface area (Å²) in [6, 6.07) is 3.36. The summed E-state index contributed by atoms with van der Waals surface area (Å²) in [5, 5.41) is 17.3. The molecular formula is C10H7F2N3O. The molecule has 0 spiro atoms. The highest BCUT2D eigenvalue weighted by atomic mass is 19.3. The molecule has 0 radical (unpaired) electrons. The van der Waals surface area contributed by atoms with E-state index < -0.39 is 12.0 Å². The molecule has 16 heavy (non-hydrogen) atoms. The zero-order chi connectivity index (χ0) is 12.1. The molecule has 0 aliphatic carbocycles. The van der Waals surface area contributed by atoms with Gasteiger partial charge in [-0.2, -0.15) is 10.5 Å². The van der Waals surface area contributed by atoms with Crippen LogP contribution in [0.25, 0.3) is 0 Å². The molecule has 0 bridgehead atoms. The van der Waals surface area contributed by atoms with Crippen molar-refractivity contribution in [2.45, 2.75) is 12.8 Å². The summed E-state index contributed by atoms with van der Waals surface area (Å²) in [7, 11) is 1.26. The van der Waals surface area contributed by atoms with Crippen LogP contribution in [0.2, 0.25) is 0 Å². The van der Waals surface area contributed by atoms with E-state index in [9.17, 15) is 8.78 Å². The Morgan fingerprint density at radius 1 is 1.50 bits per heavy atom. The molecule has 1 rings (SSSR count). The first kappa shape index (κ1) is 11.9. The number of nitriles is 2. The molecule has 0 unspecified atom stereocenters. The molecule has 6 heteroatoms. The smallest absolute Gasteiger partial charge is 0.267 e. The minimum absolute atomic E-state index is 0.0144. The molecule has 0 atom stereocenters. The zero-order valence-corrected chi connectivity index (χ0v) is 8.37. The predicted octanol–water partition coefficient (Wildman–Crippen LogP) is 1.97. The average molecular weight is 223 g/mol. The lowest BCUT2D eigenvalue weighted by Gasteiger charge is -2.10. The van der Waals surface area contributed by atoms with E-state index in [1.54, 1.807) is 12.1 Å². The van der Waals surface area contributed by atoms with E-state index in [0.717, 1.165) is 6.20 Å². The number of pyridine rings is 1. The normalized spacial score (nSPS) is 9.62. The van der Waals surface area contributed by atoms with Gasteiger partial charge in [-0.15, -0.1) is 0 Å². The van der Waals surface area contributed by atoms with Gasteiger partial charge in [0.15, 0.2) is 5.75 Å². The lowest BCUT2D eigenvalue weighted by molar-refractivity contribution is 0.149. The number of alkyl halides is 2. The molecule has 0 amide bonds. The van der Waals surface area contributed by atoms with Gasteiger partial charge in [-0.25, -0.2) is 8.78 Å². The fourth-order valence-corrected chi connectivity index (χ4v) is 1.27. The van der Waals surface area contributed by atoms with Crippen molar-refractivity contribution in [1.82, 2.24) is 4.98 Å². The first-order chi connectivity index (χ1) is 7.65. The standard InChI is InChI=1S/C10H7F2N3O/c1-16-8-5-15-7(2-3-13)9(10(11)12)6(8)4-14/h5,10H,2H2,1H3. The Labute approximate surface area is 90.7 Å². The van der Waals surface area contributed by atoms with E-state index in [2.05, 4.69) is 4.98 Å². The van der Waals surface area contributed by atoms with Crippen molar-refractivity contribution in [2.75, 3.05) is 7.11 Å². The van der Waals surface area contributed by atoms with Gasteiger partial charge in [0.2, 0.25) is 0 Å². The highest BCUT2D eigenvalue weighted by molar-refractivity contribution is 5.50. The summed E-state index contributed by atoms with van der Waals surface area (Å²) in [5.41, 5.74) is -0.879. The second-order valence-electron chi connectivity index (χ2n) is 2.81. The number of nitrogens with zero attached hydrogens (tertiary/aromatic N) is 3. The first-order valence-corrected chi connectivity index (χ1v) is 4.26. The number of ether oxygens (including phenoxy) is 1. The van der Waals surface area contributed by atoms with Gasteiger partial charge in [-0.1, -0.05) is 0 Å². The molecule has 0 N–H and O–H groups in total.